The molecular formula is C12H11ClN2. The first-order valence-corrected chi connectivity index (χ1v) is 5.28. The molecule has 0 fully saturated rings. The van der Waals surface area contributed by atoms with E-state index in [2.05, 4.69) is 23.5 Å². The Hall–Kier alpha value is -1.46. The van der Waals surface area contributed by atoms with Crippen molar-refractivity contribution in [1.29, 1.82) is 5.26 Å². The van der Waals surface area contributed by atoms with Crippen LogP contribution in [0.1, 0.15) is 18.4 Å². The number of nitriles is 1. The van der Waals surface area contributed by atoms with Crippen LogP contribution in [0.2, 0.25) is 5.02 Å². The largest absolute Gasteiger partial charge is 0.380 e. The fraction of sp³-hybridized carbons (Fsp3) is 0.250. The van der Waals surface area contributed by atoms with Crippen molar-refractivity contribution in [3.63, 3.8) is 0 Å². The van der Waals surface area contributed by atoms with Crippen molar-refractivity contribution in [2.75, 3.05) is 5.32 Å². The van der Waals surface area contributed by atoms with Gasteiger partial charge in [-0.2, -0.15) is 5.26 Å². The maximum Gasteiger partial charge on any atom is 0.0992 e. The first-order chi connectivity index (χ1) is 7.29. The lowest BCUT2D eigenvalue weighted by Crippen LogP contribution is -2.15. The molecule has 0 saturated carbocycles. The van der Waals surface area contributed by atoms with Crippen molar-refractivity contribution in [2.45, 2.75) is 18.9 Å². The van der Waals surface area contributed by atoms with Crippen molar-refractivity contribution in [3.05, 3.63) is 40.9 Å². The molecule has 0 atom stereocenters. The lowest BCUT2D eigenvalue weighted by Gasteiger charge is -2.14. The number of hydrogen-bond donors (Lipinski definition) is 1. The zero-order valence-corrected chi connectivity index (χ0v) is 8.96. The van der Waals surface area contributed by atoms with Crippen molar-refractivity contribution >= 4 is 17.3 Å². The molecule has 1 aliphatic carbocycles. The quantitative estimate of drug-likeness (QED) is 0.773. The zero-order valence-electron chi connectivity index (χ0n) is 8.20. The molecule has 0 unspecified atom stereocenters. The average Bonchev–Trinajstić information content (AvgIpc) is 2.74. The summed E-state index contributed by atoms with van der Waals surface area (Å²) in [6.07, 6.45) is 6.40. The Morgan fingerprint density at radius 2 is 2.07 bits per heavy atom. The molecule has 0 bridgehead atoms. The number of benzene rings is 1. The van der Waals surface area contributed by atoms with Crippen LogP contribution in [0.15, 0.2) is 30.4 Å². The predicted octanol–water partition coefficient (Wildman–Crippen LogP) is 3.34. The molecule has 1 aromatic rings. The Morgan fingerprint density at radius 1 is 1.33 bits per heavy atom. The number of rotatable bonds is 2. The molecule has 2 nitrogen and oxygen atoms in total. The summed E-state index contributed by atoms with van der Waals surface area (Å²) in [5.74, 6) is 0. The highest BCUT2D eigenvalue weighted by Crippen LogP contribution is 2.25. The Labute approximate surface area is 94.2 Å². The second-order valence-electron chi connectivity index (χ2n) is 3.59. The van der Waals surface area contributed by atoms with Crippen LogP contribution in [0.3, 0.4) is 0 Å². The van der Waals surface area contributed by atoms with Gasteiger partial charge in [0.2, 0.25) is 0 Å². The van der Waals surface area contributed by atoms with Crippen LogP contribution in [0, 0.1) is 11.3 Å². The van der Waals surface area contributed by atoms with Gasteiger partial charge >= 0.3 is 0 Å². The summed E-state index contributed by atoms with van der Waals surface area (Å²) in [5.41, 5.74) is 1.50. The molecule has 15 heavy (non-hydrogen) atoms. The third-order valence-electron chi connectivity index (χ3n) is 2.47. The minimum absolute atomic E-state index is 0.440. The highest BCUT2D eigenvalue weighted by molar-refractivity contribution is 6.33. The molecule has 2 rings (SSSR count). The van der Waals surface area contributed by atoms with Crippen LogP contribution in [0.5, 0.6) is 0 Å². The van der Waals surface area contributed by atoms with Gasteiger partial charge in [-0.15, -0.1) is 0 Å². The number of hydrogen-bond acceptors (Lipinski definition) is 2. The number of anilines is 1. The summed E-state index contributed by atoms with van der Waals surface area (Å²) in [6.45, 7) is 0. The van der Waals surface area contributed by atoms with Gasteiger partial charge in [-0.05, 0) is 31.0 Å². The topological polar surface area (TPSA) is 35.8 Å². The van der Waals surface area contributed by atoms with Crippen molar-refractivity contribution < 1.29 is 0 Å². The van der Waals surface area contributed by atoms with Gasteiger partial charge in [0, 0.05) is 6.04 Å². The first kappa shape index (κ1) is 10.1. The van der Waals surface area contributed by atoms with E-state index in [-0.39, 0.29) is 0 Å². The van der Waals surface area contributed by atoms with Gasteiger partial charge in [-0.1, -0.05) is 23.8 Å². The van der Waals surface area contributed by atoms with Crippen LogP contribution in [0.25, 0.3) is 0 Å². The summed E-state index contributed by atoms with van der Waals surface area (Å²) in [7, 11) is 0. The molecule has 1 N–H and O–H groups in total. The Kier molecular flexibility index (Phi) is 2.94. The van der Waals surface area contributed by atoms with Crippen molar-refractivity contribution in [1.82, 2.24) is 0 Å². The van der Waals surface area contributed by atoms with E-state index in [4.69, 9.17) is 16.9 Å². The van der Waals surface area contributed by atoms with E-state index < -0.39 is 0 Å². The second kappa shape index (κ2) is 4.37. The molecule has 0 spiro atoms. The van der Waals surface area contributed by atoms with Crippen molar-refractivity contribution in [2.24, 2.45) is 0 Å². The fourth-order valence-electron chi connectivity index (χ4n) is 1.66. The van der Waals surface area contributed by atoms with Crippen molar-refractivity contribution in [3.8, 4) is 6.07 Å². The van der Waals surface area contributed by atoms with E-state index in [0.29, 0.717) is 16.6 Å². The monoisotopic (exact) mass is 218 g/mol. The molecule has 0 radical (unpaired) electrons. The van der Waals surface area contributed by atoms with Crippen LogP contribution < -0.4 is 5.32 Å². The Bertz CT molecular complexity index is 424. The summed E-state index contributed by atoms with van der Waals surface area (Å²) < 4.78 is 0. The minimum Gasteiger partial charge on any atom is -0.380 e. The van der Waals surface area contributed by atoms with E-state index in [1.165, 1.54) is 0 Å². The standard InChI is InChI=1S/C12H11ClN2/c13-11-7-9(8-14)5-6-12(11)15-10-3-1-2-4-10/h1-2,5-7,10,15H,3-4H2. The van der Waals surface area contributed by atoms with Crippen LogP contribution >= 0.6 is 11.6 Å². The van der Waals surface area contributed by atoms with Gasteiger partial charge in [0.25, 0.3) is 0 Å². The fourth-order valence-corrected chi connectivity index (χ4v) is 1.89. The summed E-state index contributed by atoms with van der Waals surface area (Å²) in [4.78, 5) is 0. The lowest BCUT2D eigenvalue weighted by atomic mass is 10.2. The van der Waals surface area contributed by atoms with Crippen LogP contribution in [0.4, 0.5) is 5.69 Å². The zero-order chi connectivity index (χ0) is 10.7. The molecule has 0 amide bonds. The summed E-state index contributed by atoms with van der Waals surface area (Å²) >= 11 is 6.05. The normalized spacial score (nSPS) is 15.2. The van der Waals surface area contributed by atoms with Gasteiger partial charge in [0.05, 0.1) is 22.3 Å². The second-order valence-corrected chi connectivity index (χ2v) is 4.00. The third kappa shape index (κ3) is 2.31. The SMILES string of the molecule is N#Cc1ccc(NC2CC=CC2)c(Cl)c1. The number of nitrogens with one attached hydrogen (secondary N) is 1. The van der Waals surface area contributed by atoms with Crippen LogP contribution in [-0.2, 0) is 0 Å². The van der Waals surface area contributed by atoms with E-state index in [0.717, 1.165) is 18.5 Å². The molecule has 0 saturated heterocycles. The van der Waals surface area contributed by atoms with Crippen LogP contribution in [-0.4, -0.2) is 6.04 Å². The lowest BCUT2D eigenvalue weighted by molar-refractivity contribution is 0.787. The number of halogens is 1. The summed E-state index contributed by atoms with van der Waals surface area (Å²) in [5, 5.41) is 12.7. The highest BCUT2D eigenvalue weighted by atomic mass is 35.5. The van der Waals surface area contributed by atoms with E-state index in [9.17, 15) is 0 Å². The smallest absolute Gasteiger partial charge is 0.0992 e. The van der Waals surface area contributed by atoms with E-state index >= 15 is 0 Å². The molecule has 0 aromatic heterocycles. The molecular weight excluding hydrogens is 208 g/mol. The predicted molar refractivity (Wildman–Crippen MR) is 62.0 cm³/mol. The molecule has 1 aliphatic rings. The average molecular weight is 219 g/mol. The van der Waals surface area contributed by atoms with Gasteiger partial charge in [-0.25, -0.2) is 0 Å². The van der Waals surface area contributed by atoms with Gasteiger partial charge < -0.3 is 5.32 Å². The molecule has 1 aromatic carbocycles. The molecule has 0 heterocycles. The first-order valence-electron chi connectivity index (χ1n) is 4.91. The van der Waals surface area contributed by atoms with E-state index in [1.807, 2.05) is 6.07 Å². The molecule has 76 valence electrons. The molecule has 3 heteroatoms. The summed E-state index contributed by atoms with van der Waals surface area (Å²) in [6, 6.07) is 7.83. The van der Waals surface area contributed by atoms with Gasteiger partial charge in [0.1, 0.15) is 0 Å². The van der Waals surface area contributed by atoms with Gasteiger partial charge in [0.15, 0.2) is 0 Å². The Balaban J connectivity index is 2.12. The van der Waals surface area contributed by atoms with Gasteiger partial charge in [-0.3, -0.25) is 0 Å². The van der Waals surface area contributed by atoms with E-state index in [1.54, 1.807) is 12.1 Å². The molecule has 0 aliphatic heterocycles. The third-order valence-corrected chi connectivity index (χ3v) is 2.78. The maximum absolute atomic E-state index is 8.70. The Morgan fingerprint density at radius 3 is 2.67 bits per heavy atom. The minimum atomic E-state index is 0.440. The number of nitrogens with zero attached hydrogens (tertiary/aromatic N) is 1. The highest BCUT2D eigenvalue weighted by Gasteiger charge is 2.11. The maximum atomic E-state index is 8.70.